The number of nitrogens with one attached hydrogen (secondary N) is 2. The number of hydrogen-bond donors (Lipinski definition) is 3. The lowest BCUT2D eigenvalue weighted by Gasteiger charge is -2.41. The molecule has 2 aliphatic rings. The summed E-state index contributed by atoms with van der Waals surface area (Å²) in [5, 5.41) is 5.96. The van der Waals surface area contributed by atoms with Crippen LogP contribution in [0, 0.1) is 17.6 Å². The largest absolute Gasteiger partial charge is 0.376 e. The smallest absolute Gasteiger partial charge is 0.241 e. The van der Waals surface area contributed by atoms with E-state index < -0.39 is 45.1 Å². The number of halogens is 3. The summed E-state index contributed by atoms with van der Waals surface area (Å²) < 4.78 is 62.8. The van der Waals surface area contributed by atoms with Crippen molar-refractivity contribution in [2.75, 3.05) is 37.3 Å². The van der Waals surface area contributed by atoms with Crippen molar-refractivity contribution in [1.29, 1.82) is 0 Å². The number of anilines is 1. The highest BCUT2D eigenvalue weighted by molar-refractivity contribution is 7.89. The lowest BCUT2D eigenvalue weighted by Crippen LogP contribution is -2.54. The number of piperazine rings is 1. The Morgan fingerprint density at radius 2 is 2.07 bits per heavy atom. The summed E-state index contributed by atoms with van der Waals surface area (Å²) in [6, 6.07) is 2.98. The van der Waals surface area contributed by atoms with E-state index >= 15 is 4.39 Å². The zero-order valence-electron chi connectivity index (χ0n) is 24.9. The number of aromatic nitrogens is 1. The Kier molecular flexibility index (Phi) is 11.2. The summed E-state index contributed by atoms with van der Waals surface area (Å²) in [4.78, 5) is 17.6. The Hall–Kier alpha value is -2.22. The number of benzene rings is 1. The maximum Gasteiger partial charge on any atom is 0.241 e. The zero-order valence-corrected chi connectivity index (χ0v) is 26.5. The Balaban J connectivity index is 1.56. The minimum atomic E-state index is -3.44. The van der Waals surface area contributed by atoms with Crippen LogP contribution in [0.4, 0.5) is 14.5 Å². The average Bonchev–Trinajstić information content (AvgIpc) is 2.94. The molecule has 0 saturated carbocycles. The van der Waals surface area contributed by atoms with Gasteiger partial charge in [0.05, 0.1) is 40.5 Å². The molecule has 4 unspecified atom stereocenters. The van der Waals surface area contributed by atoms with Crippen LogP contribution in [0.25, 0.3) is 0 Å². The topological polar surface area (TPSA) is 127 Å². The van der Waals surface area contributed by atoms with E-state index in [0.29, 0.717) is 57.5 Å². The van der Waals surface area contributed by atoms with Crippen LogP contribution in [0.3, 0.4) is 0 Å². The number of sulfonamides is 1. The van der Waals surface area contributed by atoms with E-state index in [4.69, 9.17) is 22.1 Å². The Morgan fingerprint density at radius 1 is 1.30 bits per heavy atom. The molecule has 9 nitrogen and oxygen atoms in total. The third-order valence-electron chi connectivity index (χ3n) is 8.37. The van der Waals surface area contributed by atoms with Gasteiger partial charge < -0.3 is 21.1 Å². The zero-order chi connectivity index (χ0) is 31.4. The number of hydrogen-bond acceptors (Lipinski definition) is 7. The number of ether oxygens (including phenoxy) is 1. The van der Waals surface area contributed by atoms with E-state index in [2.05, 4.69) is 15.6 Å². The normalized spacial score (nSPS) is 22.6. The molecule has 0 radical (unpaired) electrons. The van der Waals surface area contributed by atoms with Gasteiger partial charge in [0.1, 0.15) is 11.6 Å². The number of pyridine rings is 1. The van der Waals surface area contributed by atoms with Crippen LogP contribution in [0.15, 0.2) is 30.6 Å². The van der Waals surface area contributed by atoms with Gasteiger partial charge in [-0.15, -0.1) is 0 Å². The molecule has 1 aromatic carbocycles. The fourth-order valence-electron chi connectivity index (χ4n) is 6.32. The molecule has 4 atom stereocenters. The number of rotatable bonds is 11. The second-order valence-corrected chi connectivity index (χ2v) is 14.5. The van der Waals surface area contributed by atoms with Gasteiger partial charge in [0.25, 0.3) is 0 Å². The lowest BCUT2D eigenvalue weighted by atomic mass is 9.73. The molecule has 0 spiro atoms. The first kappa shape index (κ1) is 33.7. The molecule has 4 N–H and O–H groups in total. The Bertz CT molecular complexity index is 1400. The average molecular weight is 642 g/mol. The fourth-order valence-corrected chi connectivity index (χ4v) is 8.19. The van der Waals surface area contributed by atoms with E-state index in [0.717, 1.165) is 6.20 Å². The van der Waals surface area contributed by atoms with Gasteiger partial charge in [-0.3, -0.25) is 9.78 Å². The maximum atomic E-state index is 15.1. The van der Waals surface area contributed by atoms with Gasteiger partial charge >= 0.3 is 0 Å². The number of nitrogens with two attached hydrogens (primary N) is 1. The fraction of sp³-hybridized carbons (Fsp3) is 0.600. The SMILES string of the molecule is CCCS(=O)(=O)N1CCNCC1CCc1c(F)cncc1NC(=O)C(N)C(c1ccc(Cl)c(F)c1)C1CCOC(C)(C)C1. The molecule has 3 heterocycles. The summed E-state index contributed by atoms with van der Waals surface area (Å²) in [5.74, 6) is -2.39. The van der Waals surface area contributed by atoms with Crippen LogP contribution >= 0.6 is 11.6 Å². The molecular formula is C30H42ClF2N5O4S. The van der Waals surface area contributed by atoms with Crippen molar-refractivity contribution in [2.24, 2.45) is 11.7 Å². The van der Waals surface area contributed by atoms with Gasteiger partial charge in [-0.1, -0.05) is 24.6 Å². The molecule has 0 bridgehead atoms. The molecular weight excluding hydrogens is 600 g/mol. The molecule has 2 fully saturated rings. The van der Waals surface area contributed by atoms with Gasteiger partial charge in [-0.05, 0) is 69.6 Å². The second kappa shape index (κ2) is 14.3. The lowest BCUT2D eigenvalue weighted by molar-refractivity contribution is -0.119. The first-order chi connectivity index (χ1) is 20.3. The van der Waals surface area contributed by atoms with Crippen LogP contribution in [0.2, 0.25) is 5.02 Å². The van der Waals surface area contributed by atoms with Crippen molar-refractivity contribution < 1.29 is 26.7 Å². The van der Waals surface area contributed by atoms with Crippen molar-refractivity contribution in [1.82, 2.24) is 14.6 Å². The molecule has 0 aliphatic carbocycles. The summed E-state index contributed by atoms with van der Waals surface area (Å²) in [6.45, 7) is 7.56. The molecule has 43 heavy (non-hydrogen) atoms. The number of nitrogens with zero attached hydrogens (tertiary/aromatic N) is 2. The molecule has 238 valence electrons. The Labute approximate surface area is 258 Å². The molecule has 4 rings (SSSR count). The standard InChI is InChI=1S/C30H42ClF2N5O4S/c1-4-13-43(40,41)38-11-10-35-16-21(38)6-7-22-25(33)17-36-18-26(22)37-29(39)28(34)27(19-5-8-23(31)24(32)14-19)20-9-12-42-30(2,3)15-20/h5,8,14,17-18,20-21,27-28,35H,4,6-7,9-13,15-16,34H2,1-3H3,(H,37,39). The third kappa shape index (κ3) is 8.29. The van der Waals surface area contributed by atoms with E-state index in [1.165, 1.54) is 22.6 Å². The summed E-state index contributed by atoms with van der Waals surface area (Å²) in [5.41, 5.74) is 7.10. The highest BCUT2D eigenvalue weighted by atomic mass is 35.5. The maximum absolute atomic E-state index is 15.1. The molecule has 1 aromatic heterocycles. The number of amides is 1. The first-order valence-electron chi connectivity index (χ1n) is 14.8. The predicted molar refractivity (Wildman–Crippen MR) is 163 cm³/mol. The quantitative estimate of drug-likeness (QED) is 0.335. The van der Waals surface area contributed by atoms with Crippen molar-refractivity contribution in [3.8, 4) is 0 Å². The summed E-state index contributed by atoms with van der Waals surface area (Å²) in [7, 11) is -3.44. The van der Waals surface area contributed by atoms with Crippen LogP contribution in [-0.2, 0) is 26.0 Å². The minimum absolute atomic E-state index is 0.0301. The van der Waals surface area contributed by atoms with Gasteiger partial charge in [-0.25, -0.2) is 17.2 Å². The van der Waals surface area contributed by atoms with E-state index in [-0.39, 0.29) is 40.4 Å². The van der Waals surface area contributed by atoms with Gasteiger partial charge in [0, 0.05) is 43.8 Å². The van der Waals surface area contributed by atoms with Gasteiger partial charge in [-0.2, -0.15) is 4.31 Å². The molecule has 13 heteroatoms. The van der Waals surface area contributed by atoms with Crippen molar-refractivity contribution >= 4 is 33.2 Å². The van der Waals surface area contributed by atoms with Gasteiger partial charge in [0.2, 0.25) is 15.9 Å². The molecule has 2 aliphatic heterocycles. The van der Waals surface area contributed by atoms with Crippen LogP contribution in [-0.4, -0.2) is 73.3 Å². The molecule has 2 aromatic rings. The van der Waals surface area contributed by atoms with Crippen molar-refractivity contribution in [2.45, 2.75) is 76.5 Å². The van der Waals surface area contributed by atoms with E-state index in [1.807, 2.05) is 20.8 Å². The van der Waals surface area contributed by atoms with Crippen molar-refractivity contribution in [3.05, 3.63) is 58.4 Å². The van der Waals surface area contributed by atoms with E-state index in [1.54, 1.807) is 6.07 Å². The van der Waals surface area contributed by atoms with Crippen LogP contribution in [0.1, 0.15) is 63.5 Å². The van der Waals surface area contributed by atoms with Crippen LogP contribution < -0.4 is 16.4 Å². The highest BCUT2D eigenvalue weighted by Gasteiger charge is 2.39. The molecule has 2 saturated heterocycles. The van der Waals surface area contributed by atoms with E-state index in [9.17, 15) is 17.6 Å². The number of carbonyl (C=O) groups is 1. The van der Waals surface area contributed by atoms with Crippen LogP contribution in [0.5, 0.6) is 0 Å². The van der Waals surface area contributed by atoms with Crippen molar-refractivity contribution in [3.63, 3.8) is 0 Å². The first-order valence-corrected chi connectivity index (χ1v) is 16.8. The van der Waals surface area contributed by atoms with Gasteiger partial charge in [0.15, 0.2) is 0 Å². The molecule has 1 amide bonds. The summed E-state index contributed by atoms with van der Waals surface area (Å²) in [6.07, 6.45) is 4.67. The summed E-state index contributed by atoms with van der Waals surface area (Å²) >= 11 is 5.95. The monoisotopic (exact) mass is 641 g/mol. The minimum Gasteiger partial charge on any atom is -0.376 e. The second-order valence-electron chi connectivity index (χ2n) is 12.0. The number of carbonyl (C=O) groups excluding carboxylic acids is 1. The predicted octanol–water partition coefficient (Wildman–Crippen LogP) is 4.21. The third-order valence-corrected chi connectivity index (χ3v) is 10.8. The highest BCUT2D eigenvalue weighted by Crippen LogP contribution is 2.40. The Morgan fingerprint density at radius 3 is 2.77 bits per heavy atom.